The Kier molecular flexibility index (Phi) is 4.83. The minimum absolute atomic E-state index is 0.131. The standard InChI is InChI=1S/C13H11N5O/c1-9(19)18-11-4-2-10(3-5-11)8-17-13(7-15)12(16)6-14/h2-5,8H,16H2,1H3,(H,18,19). The Morgan fingerprint density at radius 2 is 1.95 bits per heavy atom. The van der Waals surface area contributed by atoms with Crippen LogP contribution in [0.4, 0.5) is 5.69 Å². The molecule has 19 heavy (non-hydrogen) atoms. The largest absolute Gasteiger partial charge is 0.388 e. The maximum Gasteiger partial charge on any atom is 0.221 e. The first-order valence-electron chi connectivity index (χ1n) is 5.28. The summed E-state index contributed by atoms with van der Waals surface area (Å²) in [7, 11) is 0. The SMILES string of the molecule is CC(=O)Nc1ccc(C=NC(C#N)=C(N)C#N)cc1. The van der Waals surface area contributed by atoms with Crippen LogP contribution in [0.25, 0.3) is 0 Å². The van der Waals surface area contributed by atoms with Gasteiger partial charge in [-0.25, -0.2) is 4.99 Å². The number of nitrogens with two attached hydrogens (primary N) is 1. The number of benzene rings is 1. The van der Waals surface area contributed by atoms with Crippen molar-refractivity contribution in [3.63, 3.8) is 0 Å². The molecule has 0 radical (unpaired) electrons. The molecule has 0 spiro atoms. The Bertz CT molecular complexity index is 614. The second kappa shape index (κ2) is 6.58. The molecular formula is C13H11N5O. The summed E-state index contributed by atoms with van der Waals surface area (Å²) >= 11 is 0. The predicted octanol–water partition coefficient (Wildman–Crippen LogP) is 1.28. The molecule has 1 aromatic rings. The van der Waals surface area contributed by atoms with Crippen molar-refractivity contribution < 1.29 is 4.79 Å². The molecule has 1 rings (SSSR count). The Hall–Kier alpha value is -3.12. The van der Waals surface area contributed by atoms with Gasteiger partial charge in [0.2, 0.25) is 5.91 Å². The van der Waals surface area contributed by atoms with Crippen LogP contribution in [0.15, 0.2) is 40.7 Å². The lowest BCUT2D eigenvalue weighted by Crippen LogP contribution is -2.05. The molecule has 0 fully saturated rings. The fourth-order valence-electron chi connectivity index (χ4n) is 1.21. The second-order valence-corrected chi connectivity index (χ2v) is 3.55. The molecule has 0 saturated carbocycles. The van der Waals surface area contributed by atoms with Gasteiger partial charge in [-0.1, -0.05) is 12.1 Å². The number of nitrogens with zero attached hydrogens (tertiary/aromatic N) is 3. The van der Waals surface area contributed by atoms with Gasteiger partial charge in [0.1, 0.15) is 17.8 Å². The fraction of sp³-hybridized carbons (Fsp3) is 0.0769. The number of hydrogen-bond acceptors (Lipinski definition) is 5. The summed E-state index contributed by atoms with van der Waals surface area (Å²) in [6, 6.07) is 10.2. The highest BCUT2D eigenvalue weighted by Gasteiger charge is 1.99. The van der Waals surface area contributed by atoms with Gasteiger partial charge in [0, 0.05) is 18.8 Å². The molecule has 0 saturated heterocycles. The van der Waals surface area contributed by atoms with E-state index in [2.05, 4.69) is 10.3 Å². The molecule has 3 N–H and O–H groups in total. The molecule has 6 heteroatoms. The molecule has 94 valence electrons. The smallest absolute Gasteiger partial charge is 0.221 e. The lowest BCUT2D eigenvalue weighted by Gasteiger charge is -2.01. The average molecular weight is 253 g/mol. The number of carbonyl (C=O) groups excluding carboxylic acids is 1. The zero-order chi connectivity index (χ0) is 14.3. The van der Waals surface area contributed by atoms with Crippen molar-refractivity contribution in [2.45, 2.75) is 6.92 Å². The van der Waals surface area contributed by atoms with E-state index in [0.29, 0.717) is 11.3 Å². The Balaban J connectivity index is 2.87. The van der Waals surface area contributed by atoms with Crippen molar-refractivity contribution in [2.24, 2.45) is 10.7 Å². The van der Waals surface area contributed by atoms with Crippen LogP contribution in [-0.2, 0) is 4.79 Å². The van der Waals surface area contributed by atoms with Gasteiger partial charge in [-0.05, 0) is 17.7 Å². The van der Waals surface area contributed by atoms with Crippen LogP contribution in [0.2, 0.25) is 0 Å². The van der Waals surface area contributed by atoms with E-state index in [0.717, 1.165) is 0 Å². The van der Waals surface area contributed by atoms with Crippen LogP contribution in [0.5, 0.6) is 0 Å². The monoisotopic (exact) mass is 253 g/mol. The molecule has 0 aliphatic rings. The first-order chi connectivity index (χ1) is 9.06. The number of amides is 1. The van der Waals surface area contributed by atoms with Gasteiger partial charge < -0.3 is 11.1 Å². The molecule has 0 heterocycles. The average Bonchev–Trinajstić information content (AvgIpc) is 2.40. The Morgan fingerprint density at radius 3 is 2.42 bits per heavy atom. The zero-order valence-corrected chi connectivity index (χ0v) is 10.2. The summed E-state index contributed by atoms with van der Waals surface area (Å²) in [6.07, 6.45) is 1.42. The summed E-state index contributed by atoms with van der Waals surface area (Å²) in [5.74, 6) is -0.155. The van der Waals surface area contributed by atoms with E-state index in [1.54, 1.807) is 36.4 Å². The van der Waals surface area contributed by atoms with E-state index in [4.69, 9.17) is 16.3 Å². The van der Waals surface area contributed by atoms with Crippen LogP contribution >= 0.6 is 0 Å². The number of aliphatic imine (C=N–C) groups is 1. The van der Waals surface area contributed by atoms with Crippen LogP contribution < -0.4 is 11.1 Å². The first kappa shape index (κ1) is 13.9. The highest BCUT2D eigenvalue weighted by molar-refractivity contribution is 5.89. The topological polar surface area (TPSA) is 115 Å². The van der Waals surface area contributed by atoms with Crippen molar-refractivity contribution in [1.29, 1.82) is 10.5 Å². The van der Waals surface area contributed by atoms with E-state index in [9.17, 15) is 4.79 Å². The predicted molar refractivity (Wildman–Crippen MR) is 70.8 cm³/mol. The van der Waals surface area contributed by atoms with Gasteiger partial charge in [-0.2, -0.15) is 10.5 Å². The van der Waals surface area contributed by atoms with Gasteiger partial charge in [0.15, 0.2) is 5.70 Å². The molecule has 0 aromatic heterocycles. The summed E-state index contributed by atoms with van der Waals surface area (Å²) < 4.78 is 0. The molecule has 0 unspecified atom stereocenters. The molecule has 1 aromatic carbocycles. The number of allylic oxidation sites excluding steroid dienone is 2. The van der Waals surface area contributed by atoms with Gasteiger partial charge in [0.25, 0.3) is 0 Å². The van der Waals surface area contributed by atoms with E-state index < -0.39 is 0 Å². The van der Waals surface area contributed by atoms with Crippen molar-refractivity contribution in [3.05, 3.63) is 41.2 Å². The number of nitriles is 2. The lowest BCUT2D eigenvalue weighted by molar-refractivity contribution is -0.114. The second-order valence-electron chi connectivity index (χ2n) is 3.55. The normalized spacial score (nSPS) is 11.3. The minimum Gasteiger partial charge on any atom is -0.388 e. The van der Waals surface area contributed by atoms with Crippen molar-refractivity contribution >= 4 is 17.8 Å². The van der Waals surface area contributed by atoms with E-state index in [1.165, 1.54) is 13.1 Å². The van der Waals surface area contributed by atoms with Gasteiger partial charge in [-0.3, -0.25) is 4.79 Å². The molecule has 0 aliphatic carbocycles. The zero-order valence-electron chi connectivity index (χ0n) is 10.2. The maximum absolute atomic E-state index is 10.8. The van der Waals surface area contributed by atoms with Crippen molar-refractivity contribution in [3.8, 4) is 12.1 Å². The number of carbonyl (C=O) groups is 1. The van der Waals surface area contributed by atoms with Crippen LogP contribution in [0.1, 0.15) is 12.5 Å². The summed E-state index contributed by atoms with van der Waals surface area (Å²) in [4.78, 5) is 14.7. The van der Waals surface area contributed by atoms with Gasteiger partial charge in [0.05, 0.1) is 0 Å². The number of anilines is 1. The number of rotatable bonds is 3. The minimum atomic E-state index is -0.228. The van der Waals surface area contributed by atoms with Crippen LogP contribution in [0, 0.1) is 22.7 Å². The number of nitrogens with one attached hydrogen (secondary N) is 1. The van der Waals surface area contributed by atoms with Crippen molar-refractivity contribution in [2.75, 3.05) is 5.32 Å². The molecular weight excluding hydrogens is 242 g/mol. The maximum atomic E-state index is 10.8. The number of hydrogen-bond donors (Lipinski definition) is 2. The molecule has 1 amide bonds. The highest BCUT2D eigenvalue weighted by Crippen LogP contribution is 2.08. The molecule has 0 aliphatic heterocycles. The Morgan fingerprint density at radius 1 is 1.32 bits per heavy atom. The van der Waals surface area contributed by atoms with Crippen molar-refractivity contribution in [1.82, 2.24) is 0 Å². The van der Waals surface area contributed by atoms with Gasteiger partial charge in [-0.15, -0.1) is 0 Å². The highest BCUT2D eigenvalue weighted by atomic mass is 16.1. The molecule has 0 atom stereocenters. The van der Waals surface area contributed by atoms with E-state index in [1.807, 2.05) is 0 Å². The summed E-state index contributed by atoms with van der Waals surface area (Å²) in [5.41, 5.74) is 6.33. The third kappa shape index (κ3) is 4.33. The fourth-order valence-corrected chi connectivity index (χ4v) is 1.21. The lowest BCUT2D eigenvalue weighted by atomic mass is 10.2. The first-order valence-corrected chi connectivity index (χ1v) is 5.28. The molecule has 6 nitrogen and oxygen atoms in total. The summed E-state index contributed by atoms with van der Waals surface area (Å²) in [5, 5.41) is 19.9. The van der Waals surface area contributed by atoms with Crippen LogP contribution in [0.3, 0.4) is 0 Å². The van der Waals surface area contributed by atoms with E-state index in [-0.39, 0.29) is 17.3 Å². The Labute approximate surface area is 110 Å². The third-order valence-corrected chi connectivity index (χ3v) is 2.06. The molecule has 0 bridgehead atoms. The van der Waals surface area contributed by atoms with E-state index >= 15 is 0 Å². The quantitative estimate of drug-likeness (QED) is 0.623. The van der Waals surface area contributed by atoms with Gasteiger partial charge >= 0.3 is 0 Å². The third-order valence-electron chi connectivity index (χ3n) is 2.06. The van der Waals surface area contributed by atoms with Crippen LogP contribution in [-0.4, -0.2) is 12.1 Å². The summed E-state index contributed by atoms with van der Waals surface area (Å²) in [6.45, 7) is 1.42.